The van der Waals surface area contributed by atoms with Crippen LogP contribution < -0.4 is 5.32 Å². The van der Waals surface area contributed by atoms with E-state index in [2.05, 4.69) is 55.4 Å². The van der Waals surface area contributed by atoms with Gasteiger partial charge in [-0.25, -0.2) is 14.6 Å². The Hall–Kier alpha value is -2.21. The molecule has 0 aliphatic rings. The van der Waals surface area contributed by atoms with Crippen LogP contribution in [0.1, 0.15) is 18.5 Å². The number of rotatable bonds is 4. The van der Waals surface area contributed by atoms with E-state index in [1.54, 1.807) is 17.2 Å². The SMILES string of the molecule is CC(Nc1ccc(-n2cncn2)nc1)c1cccc(Br)c1. The van der Waals surface area contributed by atoms with Crippen molar-refractivity contribution in [1.29, 1.82) is 0 Å². The molecule has 5 nitrogen and oxygen atoms in total. The zero-order chi connectivity index (χ0) is 14.7. The summed E-state index contributed by atoms with van der Waals surface area (Å²) in [7, 11) is 0. The molecular formula is C15H14BrN5. The highest BCUT2D eigenvalue weighted by Gasteiger charge is 2.06. The molecule has 1 unspecified atom stereocenters. The Balaban J connectivity index is 1.73. The first-order valence-corrected chi connectivity index (χ1v) is 7.35. The van der Waals surface area contributed by atoms with Gasteiger partial charge in [-0.3, -0.25) is 0 Å². The number of aromatic nitrogens is 4. The van der Waals surface area contributed by atoms with E-state index in [0.717, 1.165) is 16.0 Å². The van der Waals surface area contributed by atoms with E-state index in [9.17, 15) is 0 Å². The summed E-state index contributed by atoms with van der Waals surface area (Å²) in [6, 6.07) is 12.3. The molecule has 21 heavy (non-hydrogen) atoms. The van der Waals surface area contributed by atoms with E-state index in [1.165, 1.54) is 11.9 Å². The molecule has 0 radical (unpaired) electrons. The first kappa shape index (κ1) is 13.8. The predicted octanol–water partition coefficient (Wildman–Crippen LogP) is 3.60. The average molecular weight is 344 g/mol. The molecule has 3 rings (SSSR count). The number of nitrogens with one attached hydrogen (secondary N) is 1. The Morgan fingerprint density at radius 2 is 2.14 bits per heavy atom. The highest BCUT2D eigenvalue weighted by molar-refractivity contribution is 9.10. The van der Waals surface area contributed by atoms with Crippen LogP contribution in [0.4, 0.5) is 5.69 Å². The maximum Gasteiger partial charge on any atom is 0.155 e. The summed E-state index contributed by atoms with van der Waals surface area (Å²) in [4.78, 5) is 8.28. The summed E-state index contributed by atoms with van der Waals surface area (Å²) in [5.41, 5.74) is 2.18. The van der Waals surface area contributed by atoms with Crippen LogP contribution in [0, 0.1) is 0 Å². The van der Waals surface area contributed by atoms with E-state index < -0.39 is 0 Å². The van der Waals surface area contributed by atoms with Crippen LogP contribution in [0.15, 0.2) is 59.7 Å². The molecule has 3 aromatic rings. The van der Waals surface area contributed by atoms with Gasteiger partial charge in [-0.1, -0.05) is 28.1 Å². The summed E-state index contributed by atoms with van der Waals surface area (Å²) in [5.74, 6) is 0.744. The Labute approximate surface area is 131 Å². The van der Waals surface area contributed by atoms with Crippen LogP contribution >= 0.6 is 15.9 Å². The predicted molar refractivity (Wildman–Crippen MR) is 85.3 cm³/mol. The maximum atomic E-state index is 4.37. The van der Waals surface area contributed by atoms with Gasteiger partial charge in [0.1, 0.15) is 12.7 Å². The molecule has 2 heterocycles. The van der Waals surface area contributed by atoms with E-state index >= 15 is 0 Å². The van der Waals surface area contributed by atoms with Crippen LogP contribution in [0.2, 0.25) is 0 Å². The first-order chi connectivity index (χ1) is 10.2. The molecule has 0 saturated carbocycles. The van der Waals surface area contributed by atoms with E-state index in [1.807, 2.05) is 24.3 Å². The molecule has 0 aliphatic carbocycles. The van der Waals surface area contributed by atoms with E-state index in [0.29, 0.717) is 0 Å². The van der Waals surface area contributed by atoms with Crippen molar-refractivity contribution in [2.75, 3.05) is 5.32 Å². The second kappa shape index (κ2) is 6.05. The van der Waals surface area contributed by atoms with Gasteiger partial charge in [0.05, 0.1) is 11.9 Å². The monoisotopic (exact) mass is 343 g/mol. The summed E-state index contributed by atoms with van der Waals surface area (Å²) in [5, 5.41) is 7.48. The Bertz CT molecular complexity index is 709. The molecule has 0 amide bonds. The van der Waals surface area contributed by atoms with Crippen LogP contribution in [-0.2, 0) is 0 Å². The molecule has 0 spiro atoms. The van der Waals surface area contributed by atoms with Gasteiger partial charge in [0.15, 0.2) is 5.82 Å². The molecule has 1 aromatic carbocycles. The van der Waals surface area contributed by atoms with Crippen molar-refractivity contribution in [3.05, 3.63) is 65.3 Å². The van der Waals surface area contributed by atoms with Crippen molar-refractivity contribution in [3.8, 4) is 5.82 Å². The average Bonchev–Trinajstić information content (AvgIpc) is 3.02. The highest BCUT2D eigenvalue weighted by atomic mass is 79.9. The van der Waals surface area contributed by atoms with Crippen molar-refractivity contribution in [3.63, 3.8) is 0 Å². The van der Waals surface area contributed by atoms with Gasteiger partial charge >= 0.3 is 0 Å². The third-order valence-corrected chi connectivity index (χ3v) is 3.63. The lowest BCUT2D eigenvalue weighted by atomic mass is 10.1. The standard InChI is InChI=1S/C15H14BrN5/c1-11(12-3-2-4-13(16)7-12)20-14-5-6-15(18-8-14)21-10-17-9-19-21/h2-11,20H,1H3. The molecule has 0 saturated heterocycles. The van der Waals surface area contributed by atoms with Gasteiger partial charge in [0.25, 0.3) is 0 Å². The normalized spacial score (nSPS) is 12.1. The van der Waals surface area contributed by atoms with Crippen LogP contribution in [0.25, 0.3) is 5.82 Å². The van der Waals surface area contributed by atoms with Crippen molar-refractivity contribution < 1.29 is 0 Å². The number of halogens is 1. The first-order valence-electron chi connectivity index (χ1n) is 6.55. The summed E-state index contributed by atoms with van der Waals surface area (Å²) >= 11 is 3.49. The quantitative estimate of drug-likeness (QED) is 0.786. The van der Waals surface area contributed by atoms with Gasteiger partial charge < -0.3 is 5.32 Å². The second-order valence-electron chi connectivity index (χ2n) is 4.67. The molecule has 1 N–H and O–H groups in total. The highest BCUT2D eigenvalue weighted by Crippen LogP contribution is 2.22. The lowest BCUT2D eigenvalue weighted by Gasteiger charge is -2.16. The minimum Gasteiger partial charge on any atom is -0.377 e. The number of anilines is 1. The third kappa shape index (κ3) is 3.28. The van der Waals surface area contributed by atoms with Gasteiger partial charge in [-0.15, -0.1) is 0 Å². The number of benzene rings is 1. The van der Waals surface area contributed by atoms with Crippen LogP contribution in [0.5, 0.6) is 0 Å². The number of hydrogen-bond donors (Lipinski definition) is 1. The molecular weight excluding hydrogens is 330 g/mol. The zero-order valence-corrected chi connectivity index (χ0v) is 13.0. The lowest BCUT2D eigenvalue weighted by Crippen LogP contribution is -2.07. The Morgan fingerprint density at radius 3 is 2.81 bits per heavy atom. The molecule has 106 valence electrons. The van der Waals surface area contributed by atoms with Crippen LogP contribution in [-0.4, -0.2) is 19.7 Å². The van der Waals surface area contributed by atoms with Crippen molar-refractivity contribution in [1.82, 2.24) is 19.7 Å². The van der Waals surface area contributed by atoms with Gasteiger partial charge in [0.2, 0.25) is 0 Å². The van der Waals surface area contributed by atoms with E-state index in [4.69, 9.17) is 0 Å². The molecule has 0 bridgehead atoms. The second-order valence-corrected chi connectivity index (χ2v) is 5.58. The topological polar surface area (TPSA) is 55.6 Å². The maximum absolute atomic E-state index is 4.37. The van der Waals surface area contributed by atoms with Crippen molar-refractivity contribution >= 4 is 21.6 Å². The minimum absolute atomic E-state index is 0.196. The summed E-state index contributed by atoms with van der Waals surface area (Å²) in [6.07, 6.45) is 4.91. The smallest absolute Gasteiger partial charge is 0.155 e. The summed E-state index contributed by atoms with van der Waals surface area (Å²) in [6.45, 7) is 2.12. The fraction of sp³-hybridized carbons (Fsp3) is 0.133. The van der Waals surface area contributed by atoms with E-state index in [-0.39, 0.29) is 6.04 Å². The third-order valence-electron chi connectivity index (χ3n) is 3.13. The number of pyridine rings is 1. The lowest BCUT2D eigenvalue weighted by molar-refractivity contribution is 0.841. The minimum atomic E-state index is 0.196. The molecule has 0 aliphatic heterocycles. The zero-order valence-electron chi connectivity index (χ0n) is 11.4. The fourth-order valence-electron chi connectivity index (χ4n) is 2.04. The van der Waals surface area contributed by atoms with Gasteiger partial charge in [0, 0.05) is 10.5 Å². The molecule has 0 fully saturated rings. The molecule has 1 atom stereocenters. The Kier molecular flexibility index (Phi) is 3.96. The van der Waals surface area contributed by atoms with Gasteiger partial charge in [-0.2, -0.15) is 5.10 Å². The number of hydrogen-bond acceptors (Lipinski definition) is 4. The Morgan fingerprint density at radius 1 is 1.24 bits per heavy atom. The van der Waals surface area contributed by atoms with Gasteiger partial charge in [-0.05, 0) is 36.8 Å². The number of nitrogens with zero attached hydrogens (tertiary/aromatic N) is 4. The fourth-order valence-corrected chi connectivity index (χ4v) is 2.46. The largest absolute Gasteiger partial charge is 0.377 e. The van der Waals surface area contributed by atoms with Crippen molar-refractivity contribution in [2.45, 2.75) is 13.0 Å². The molecule has 2 aromatic heterocycles. The molecule has 6 heteroatoms. The van der Waals surface area contributed by atoms with Crippen molar-refractivity contribution in [2.24, 2.45) is 0 Å². The van der Waals surface area contributed by atoms with Crippen LogP contribution in [0.3, 0.4) is 0 Å². The summed E-state index contributed by atoms with van der Waals surface area (Å²) < 4.78 is 2.70.